The summed E-state index contributed by atoms with van der Waals surface area (Å²) in [5.41, 5.74) is 5.76. The number of ether oxygens (including phenoxy) is 3. The number of rotatable bonds is 11. The summed E-state index contributed by atoms with van der Waals surface area (Å²) in [6, 6.07) is 37.3. The highest BCUT2D eigenvalue weighted by Crippen LogP contribution is 2.43. The summed E-state index contributed by atoms with van der Waals surface area (Å²) in [7, 11) is 0. The predicted molar refractivity (Wildman–Crippen MR) is 169 cm³/mol. The lowest BCUT2D eigenvalue weighted by Crippen LogP contribution is -2.24. The van der Waals surface area contributed by atoms with Gasteiger partial charge in [-0.05, 0) is 58.9 Å². The molecule has 0 saturated heterocycles. The summed E-state index contributed by atoms with van der Waals surface area (Å²) in [4.78, 5) is 0. The first-order valence-corrected chi connectivity index (χ1v) is 14.6. The van der Waals surface area contributed by atoms with Crippen LogP contribution in [-0.2, 0) is 4.74 Å². The van der Waals surface area contributed by atoms with E-state index < -0.39 is 6.29 Å². The molecule has 0 heterocycles. The Morgan fingerprint density at radius 1 is 0.732 bits per heavy atom. The summed E-state index contributed by atoms with van der Waals surface area (Å²) in [6.45, 7) is 16.6. The summed E-state index contributed by atoms with van der Waals surface area (Å²) in [5.74, 6) is 2.05. The van der Waals surface area contributed by atoms with Gasteiger partial charge in [-0.15, -0.1) is 0 Å². The van der Waals surface area contributed by atoms with Gasteiger partial charge in [-0.25, -0.2) is 0 Å². The van der Waals surface area contributed by atoms with Gasteiger partial charge < -0.3 is 14.2 Å². The fraction of sp³-hybridized carbons (Fsp3) is 0.368. The van der Waals surface area contributed by atoms with E-state index in [1.54, 1.807) is 0 Å². The molecule has 4 aromatic carbocycles. The van der Waals surface area contributed by atoms with Crippen LogP contribution in [0, 0.1) is 23.0 Å². The molecule has 0 N–H and O–H groups in total. The molecule has 0 aliphatic rings. The molecule has 0 aliphatic heterocycles. The first-order valence-electron chi connectivity index (χ1n) is 14.6. The van der Waals surface area contributed by atoms with Crippen LogP contribution in [0.2, 0.25) is 0 Å². The third-order valence-corrected chi connectivity index (χ3v) is 7.16. The van der Waals surface area contributed by atoms with Gasteiger partial charge in [0.25, 0.3) is 0 Å². The Morgan fingerprint density at radius 2 is 1.34 bits per heavy atom. The van der Waals surface area contributed by atoms with Gasteiger partial charge in [0.05, 0.1) is 12.2 Å². The Hall–Kier alpha value is -3.74. The molecule has 0 amide bonds. The first kappa shape index (κ1) is 30.2. The summed E-state index contributed by atoms with van der Waals surface area (Å²) < 4.78 is 18.4. The Morgan fingerprint density at radius 3 is 1.93 bits per heavy atom. The van der Waals surface area contributed by atoms with E-state index in [1.807, 2.05) is 49.4 Å². The Kier molecular flexibility index (Phi) is 9.79. The molecular formula is C38H44O3. The highest BCUT2D eigenvalue weighted by atomic mass is 16.7. The van der Waals surface area contributed by atoms with Crippen LogP contribution in [0.25, 0.3) is 22.3 Å². The maximum absolute atomic E-state index is 6.36. The van der Waals surface area contributed by atoms with Gasteiger partial charge in [-0.3, -0.25) is 0 Å². The minimum absolute atomic E-state index is 0.182. The van der Waals surface area contributed by atoms with Crippen molar-refractivity contribution in [2.75, 3.05) is 13.2 Å². The number of hydrogen-bond donors (Lipinski definition) is 0. The first-order chi connectivity index (χ1) is 19.5. The zero-order valence-electron chi connectivity index (χ0n) is 25.7. The topological polar surface area (TPSA) is 27.7 Å². The van der Waals surface area contributed by atoms with Crippen molar-refractivity contribution < 1.29 is 14.2 Å². The van der Waals surface area contributed by atoms with E-state index in [9.17, 15) is 0 Å². The average Bonchev–Trinajstić information content (AvgIpc) is 2.94. The second-order valence-electron chi connectivity index (χ2n) is 12.9. The van der Waals surface area contributed by atoms with Crippen LogP contribution in [0.5, 0.6) is 11.5 Å². The van der Waals surface area contributed by atoms with Crippen molar-refractivity contribution in [2.45, 2.75) is 67.1 Å². The predicted octanol–water partition coefficient (Wildman–Crippen LogP) is 10.0. The second-order valence-corrected chi connectivity index (χ2v) is 12.9. The van der Waals surface area contributed by atoms with E-state index >= 15 is 0 Å². The van der Waals surface area contributed by atoms with Crippen molar-refractivity contribution in [1.82, 2.24) is 0 Å². The van der Waals surface area contributed by atoms with Crippen LogP contribution in [0.1, 0.15) is 66.4 Å². The largest absolute Gasteiger partial charge is 0.489 e. The van der Waals surface area contributed by atoms with Crippen molar-refractivity contribution in [3.05, 3.63) is 109 Å². The van der Waals surface area contributed by atoms with Gasteiger partial charge in [-0.1, -0.05) is 126 Å². The molecular weight excluding hydrogens is 504 g/mol. The standard InChI is InChI=1S/C38H44O3/c1-28(41-32-23-21-31(22-24-32)35(38(5,6)7)27-37(2,3)4)39-25-26-40-36-33(29-15-10-8-11-16-29)19-14-20-34(36)30-17-12-9-13-18-30/h8-13,15-19,21-24,28,35H,25-27H2,1-7H3. The van der Waals surface area contributed by atoms with Crippen LogP contribution in [0.3, 0.4) is 0 Å². The fourth-order valence-corrected chi connectivity index (χ4v) is 5.13. The highest BCUT2D eigenvalue weighted by molar-refractivity contribution is 5.81. The monoisotopic (exact) mass is 548 g/mol. The van der Waals surface area contributed by atoms with Gasteiger partial charge in [0.1, 0.15) is 18.1 Å². The van der Waals surface area contributed by atoms with Crippen LogP contribution < -0.4 is 9.47 Å². The van der Waals surface area contributed by atoms with Gasteiger partial charge in [0.2, 0.25) is 0 Å². The van der Waals surface area contributed by atoms with Gasteiger partial charge in [0.15, 0.2) is 6.29 Å². The lowest BCUT2D eigenvalue weighted by molar-refractivity contribution is -0.0738. The van der Waals surface area contributed by atoms with Crippen LogP contribution in [0.15, 0.2) is 91.0 Å². The van der Waals surface area contributed by atoms with Crippen molar-refractivity contribution in [3.63, 3.8) is 0 Å². The molecule has 2 unspecified atom stereocenters. The smallest absolute Gasteiger partial charge is 0.197 e. The minimum Gasteiger partial charge on any atom is -0.489 e. The molecule has 0 aliphatic carbocycles. The molecule has 0 saturated carbocycles. The maximum atomic E-state index is 6.36. The van der Waals surface area contributed by atoms with E-state index in [0.29, 0.717) is 19.1 Å². The molecule has 0 aromatic heterocycles. The molecule has 41 heavy (non-hydrogen) atoms. The van der Waals surface area contributed by atoms with Crippen molar-refractivity contribution >= 4 is 0 Å². The Labute approximate surface area is 247 Å². The van der Waals surface area contributed by atoms with Gasteiger partial charge >= 0.3 is 0 Å². The molecule has 4 rings (SSSR count). The van der Waals surface area contributed by atoms with Gasteiger partial charge in [0, 0.05) is 11.6 Å². The lowest BCUT2D eigenvalue weighted by atomic mass is 9.69. The van der Waals surface area contributed by atoms with E-state index in [-0.39, 0.29) is 10.8 Å². The minimum atomic E-state index is -0.407. The van der Waals surface area contributed by atoms with Gasteiger partial charge in [-0.2, -0.15) is 0 Å². The molecule has 0 spiro atoms. The molecule has 0 bridgehead atoms. The Balaban J connectivity index is 1.38. The highest BCUT2D eigenvalue weighted by Gasteiger charge is 2.30. The summed E-state index contributed by atoms with van der Waals surface area (Å²) in [6.07, 6.45) is 0.723. The molecule has 0 fully saturated rings. The molecule has 4 aromatic rings. The van der Waals surface area contributed by atoms with E-state index in [0.717, 1.165) is 40.2 Å². The zero-order chi connectivity index (χ0) is 29.5. The maximum Gasteiger partial charge on any atom is 0.197 e. The normalized spacial score (nSPS) is 13.2. The zero-order valence-corrected chi connectivity index (χ0v) is 25.7. The summed E-state index contributed by atoms with van der Waals surface area (Å²) in [5, 5.41) is 0. The third kappa shape index (κ3) is 8.62. The van der Waals surface area contributed by atoms with E-state index in [1.165, 1.54) is 5.56 Å². The summed E-state index contributed by atoms with van der Waals surface area (Å²) >= 11 is 0. The van der Waals surface area contributed by atoms with E-state index in [4.69, 9.17) is 14.2 Å². The Bertz CT molecular complexity index is 1290. The second kappa shape index (κ2) is 13.3. The van der Waals surface area contributed by atoms with Crippen molar-refractivity contribution in [3.8, 4) is 33.8 Å². The fourth-order valence-electron chi connectivity index (χ4n) is 5.13. The van der Waals surface area contributed by atoms with Crippen molar-refractivity contribution in [1.29, 1.82) is 0 Å². The quantitative estimate of drug-likeness (QED) is 0.138. The van der Waals surface area contributed by atoms with Crippen molar-refractivity contribution in [2.24, 2.45) is 10.8 Å². The van der Waals surface area contributed by atoms with Crippen LogP contribution >= 0.6 is 0 Å². The molecule has 214 valence electrons. The lowest BCUT2D eigenvalue weighted by Gasteiger charge is -2.36. The molecule has 2 atom stereocenters. The van der Waals surface area contributed by atoms with Crippen LogP contribution in [0.4, 0.5) is 0 Å². The molecule has 3 heteroatoms. The third-order valence-electron chi connectivity index (χ3n) is 7.16. The molecule has 3 nitrogen and oxygen atoms in total. The number of benzene rings is 3. The van der Waals surface area contributed by atoms with Crippen LogP contribution in [-0.4, -0.2) is 19.5 Å². The molecule has 0 radical (unpaired) electrons. The number of hydrogen-bond acceptors (Lipinski definition) is 3. The average molecular weight is 549 g/mol. The van der Waals surface area contributed by atoms with E-state index in [2.05, 4.69) is 102 Å². The SMILES string of the molecule is CC(OCCOc1c(-c2ccccc2)c#ccc1-c1ccccc1)Oc1ccc(C(CC(C)(C)C)C(C)(C)C)cc1.